The molecule has 0 bridgehead atoms. The maximum Gasteiger partial charge on any atom is 0.258 e. The Hall–Kier alpha value is -1.42. The molecule has 0 aliphatic rings. The maximum absolute atomic E-state index is 12.4. The fourth-order valence-electron chi connectivity index (χ4n) is 1.83. The third kappa shape index (κ3) is 4.30. The summed E-state index contributed by atoms with van der Waals surface area (Å²) in [5, 5.41) is 2.92. The normalized spacial score (nSPS) is 11.1. The highest BCUT2D eigenvalue weighted by atomic mass is 35.5. The van der Waals surface area contributed by atoms with Gasteiger partial charge in [0, 0.05) is 12.4 Å². The molecule has 0 atom stereocenters. The zero-order valence-corrected chi connectivity index (χ0v) is 13.2. The monoisotopic (exact) mass is 299 g/mol. The molecule has 0 spiro atoms. The van der Waals surface area contributed by atoms with Gasteiger partial charge in [-0.15, -0.1) is 11.6 Å². The number of carbonyl (C=O) groups is 1. The van der Waals surface area contributed by atoms with Gasteiger partial charge in [-0.25, -0.2) is 0 Å². The molecule has 4 nitrogen and oxygen atoms in total. The van der Waals surface area contributed by atoms with Gasteiger partial charge < -0.3 is 14.8 Å². The molecule has 0 radical (unpaired) electrons. The number of halogens is 1. The molecule has 0 unspecified atom stereocenters. The number of nitrogens with one attached hydrogen (secondary N) is 1. The lowest BCUT2D eigenvalue weighted by molar-refractivity contribution is 0.0929. The number of hydrogen-bond donors (Lipinski definition) is 1. The third-order valence-corrected chi connectivity index (χ3v) is 3.34. The summed E-state index contributed by atoms with van der Waals surface area (Å²) < 4.78 is 10.5. The molecular weight excluding hydrogens is 278 g/mol. The van der Waals surface area contributed by atoms with Gasteiger partial charge in [0.25, 0.3) is 5.91 Å². The summed E-state index contributed by atoms with van der Waals surface area (Å²) in [6.45, 7) is 4.67. The predicted molar refractivity (Wildman–Crippen MR) is 81.0 cm³/mol. The van der Waals surface area contributed by atoms with Crippen LogP contribution in [0, 0.1) is 5.41 Å². The molecule has 1 rings (SSSR count). The van der Waals surface area contributed by atoms with Gasteiger partial charge in [-0.05, 0) is 24.0 Å². The first kappa shape index (κ1) is 16.6. The summed E-state index contributed by atoms with van der Waals surface area (Å²) in [4.78, 5) is 12.4. The minimum Gasteiger partial charge on any atom is -0.496 e. The van der Waals surface area contributed by atoms with E-state index in [1.807, 2.05) is 0 Å². The van der Waals surface area contributed by atoms with E-state index in [9.17, 15) is 4.79 Å². The zero-order chi connectivity index (χ0) is 15.2. The number of carbonyl (C=O) groups excluding carboxylic acids is 1. The third-order valence-electron chi connectivity index (χ3n) is 3.15. The number of benzene rings is 1. The van der Waals surface area contributed by atoms with Crippen LogP contribution in [0.2, 0.25) is 0 Å². The number of rotatable bonds is 7. The molecule has 5 heteroatoms. The molecule has 1 amide bonds. The largest absolute Gasteiger partial charge is 0.496 e. The summed E-state index contributed by atoms with van der Waals surface area (Å²) in [5.74, 6) is 1.36. The standard InChI is InChI=1S/C15H22ClNO3/c1-15(2,8-9-16)10-17-14(18)13-11(19-3)6-5-7-12(13)20-4/h5-7H,8-10H2,1-4H3,(H,17,18). The van der Waals surface area contributed by atoms with Gasteiger partial charge >= 0.3 is 0 Å². The molecular formula is C15H22ClNO3. The van der Waals surface area contributed by atoms with E-state index < -0.39 is 0 Å². The second-order valence-electron chi connectivity index (χ2n) is 5.32. The van der Waals surface area contributed by atoms with Crippen molar-refractivity contribution in [3.05, 3.63) is 23.8 Å². The first-order chi connectivity index (χ1) is 9.45. The van der Waals surface area contributed by atoms with Gasteiger partial charge in [0.05, 0.1) is 14.2 Å². The van der Waals surface area contributed by atoms with Crippen molar-refractivity contribution in [1.29, 1.82) is 0 Å². The van der Waals surface area contributed by atoms with Crippen LogP contribution in [0.1, 0.15) is 30.6 Å². The number of amides is 1. The van der Waals surface area contributed by atoms with Crippen LogP contribution in [-0.2, 0) is 0 Å². The van der Waals surface area contributed by atoms with Gasteiger partial charge in [0.15, 0.2) is 0 Å². The Morgan fingerprint density at radius 1 is 1.25 bits per heavy atom. The number of methoxy groups -OCH3 is 2. The topological polar surface area (TPSA) is 47.6 Å². The van der Waals surface area contributed by atoms with E-state index in [-0.39, 0.29) is 11.3 Å². The van der Waals surface area contributed by atoms with E-state index in [1.165, 1.54) is 14.2 Å². The highest BCUT2D eigenvalue weighted by Crippen LogP contribution is 2.28. The summed E-state index contributed by atoms with van der Waals surface area (Å²) in [7, 11) is 3.06. The summed E-state index contributed by atoms with van der Waals surface area (Å²) in [6.07, 6.45) is 0.831. The van der Waals surface area contributed by atoms with Crippen molar-refractivity contribution < 1.29 is 14.3 Å². The Balaban J connectivity index is 2.87. The molecule has 0 saturated carbocycles. The fourth-order valence-corrected chi connectivity index (χ4v) is 2.34. The van der Waals surface area contributed by atoms with Gasteiger partial charge in [0.1, 0.15) is 17.1 Å². The van der Waals surface area contributed by atoms with Gasteiger partial charge in [0.2, 0.25) is 0 Å². The van der Waals surface area contributed by atoms with E-state index in [1.54, 1.807) is 18.2 Å². The lowest BCUT2D eigenvalue weighted by atomic mass is 9.90. The average Bonchev–Trinajstić information content (AvgIpc) is 2.43. The van der Waals surface area contributed by atoms with E-state index in [0.717, 1.165) is 6.42 Å². The molecule has 0 saturated heterocycles. The Kier molecular flexibility index (Phi) is 6.14. The van der Waals surface area contributed by atoms with Crippen LogP contribution in [-0.4, -0.2) is 32.6 Å². The molecule has 1 N–H and O–H groups in total. The minimum atomic E-state index is -0.207. The predicted octanol–water partition coefficient (Wildman–Crippen LogP) is 3.09. The molecule has 0 heterocycles. The molecule has 112 valence electrons. The smallest absolute Gasteiger partial charge is 0.258 e. The van der Waals surface area contributed by atoms with Crippen LogP contribution in [0.5, 0.6) is 11.5 Å². The highest BCUT2D eigenvalue weighted by Gasteiger charge is 2.22. The van der Waals surface area contributed by atoms with Crippen LogP contribution in [0.3, 0.4) is 0 Å². The van der Waals surface area contributed by atoms with Crippen molar-refractivity contribution in [3.8, 4) is 11.5 Å². The van der Waals surface area contributed by atoms with Crippen LogP contribution < -0.4 is 14.8 Å². The van der Waals surface area contributed by atoms with Crippen molar-refractivity contribution >= 4 is 17.5 Å². The van der Waals surface area contributed by atoms with Crippen molar-refractivity contribution in [3.63, 3.8) is 0 Å². The van der Waals surface area contributed by atoms with Crippen molar-refractivity contribution in [2.75, 3.05) is 26.6 Å². The van der Waals surface area contributed by atoms with Gasteiger partial charge in [-0.3, -0.25) is 4.79 Å². The highest BCUT2D eigenvalue weighted by molar-refractivity contribution is 6.17. The molecule has 0 aromatic heterocycles. The Morgan fingerprint density at radius 2 is 1.80 bits per heavy atom. The van der Waals surface area contributed by atoms with E-state index in [2.05, 4.69) is 19.2 Å². The molecule has 1 aromatic carbocycles. The van der Waals surface area contributed by atoms with Crippen molar-refractivity contribution in [2.24, 2.45) is 5.41 Å². The molecule has 0 aliphatic carbocycles. The van der Waals surface area contributed by atoms with Crippen LogP contribution in [0.4, 0.5) is 0 Å². The van der Waals surface area contributed by atoms with E-state index >= 15 is 0 Å². The molecule has 0 aliphatic heterocycles. The first-order valence-electron chi connectivity index (χ1n) is 6.50. The fraction of sp³-hybridized carbons (Fsp3) is 0.533. The Bertz CT molecular complexity index is 438. The quantitative estimate of drug-likeness (QED) is 0.787. The summed E-state index contributed by atoms with van der Waals surface area (Å²) in [6, 6.07) is 5.26. The maximum atomic E-state index is 12.4. The average molecular weight is 300 g/mol. The first-order valence-corrected chi connectivity index (χ1v) is 7.04. The van der Waals surface area contributed by atoms with Crippen LogP contribution >= 0.6 is 11.6 Å². The SMILES string of the molecule is COc1cccc(OC)c1C(=O)NCC(C)(C)CCCl. The van der Waals surface area contributed by atoms with E-state index in [4.69, 9.17) is 21.1 Å². The van der Waals surface area contributed by atoms with Crippen molar-refractivity contribution in [1.82, 2.24) is 5.32 Å². The summed E-state index contributed by atoms with van der Waals surface area (Å²) >= 11 is 5.76. The van der Waals surface area contributed by atoms with Crippen LogP contribution in [0.15, 0.2) is 18.2 Å². The second-order valence-corrected chi connectivity index (χ2v) is 5.70. The van der Waals surface area contributed by atoms with Crippen LogP contribution in [0.25, 0.3) is 0 Å². The zero-order valence-electron chi connectivity index (χ0n) is 12.5. The van der Waals surface area contributed by atoms with Gasteiger partial charge in [-0.2, -0.15) is 0 Å². The number of hydrogen-bond acceptors (Lipinski definition) is 3. The van der Waals surface area contributed by atoms with E-state index in [0.29, 0.717) is 29.5 Å². The lowest BCUT2D eigenvalue weighted by Gasteiger charge is -2.24. The Labute approximate surface area is 125 Å². The number of ether oxygens (including phenoxy) is 2. The second kappa shape index (κ2) is 7.39. The van der Waals surface area contributed by atoms with Crippen molar-refractivity contribution in [2.45, 2.75) is 20.3 Å². The number of alkyl halides is 1. The molecule has 0 fully saturated rings. The molecule has 20 heavy (non-hydrogen) atoms. The minimum absolute atomic E-state index is 0.0489. The lowest BCUT2D eigenvalue weighted by Crippen LogP contribution is -2.34. The Morgan fingerprint density at radius 3 is 2.25 bits per heavy atom. The molecule has 1 aromatic rings. The summed E-state index contributed by atoms with van der Waals surface area (Å²) in [5.41, 5.74) is 0.367. The van der Waals surface area contributed by atoms with Gasteiger partial charge in [-0.1, -0.05) is 19.9 Å².